The van der Waals surface area contributed by atoms with Crippen LogP contribution in [0.15, 0.2) is 23.3 Å². The SMILES string of the molecule is CC/C(=N/Nc1nc(N2CCCCC2)nc(N2CCCCC2)n1)c1ccc(OC)c(OC)c1. The van der Waals surface area contributed by atoms with Crippen molar-refractivity contribution >= 4 is 23.6 Å². The molecule has 33 heavy (non-hydrogen) atoms. The first-order chi connectivity index (χ1) is 16.2. The number of rotatable bonds is 8. The molecule has 0 saturated carbocycles. The van der Waals surface area contributed by atoms with Crippen LogP contribution in [0.25, 0.3) is 0 Å². The van der Waals surface area contributed by atoms with Crippen LogP contribution in [-0.2, 0) is 0 Å². The van der Waals surface area contributed by atoms with Crippen molar-refractivity contribution in [3.63, 3.8) is 0 Å². The van der Waals surface area contributed by atoms with Crippen LogP contribution in [0.4, 0.5) is 17.8 Å². The number of hydrogen-bond acceptors (Lipinski definition) is 9. The summed E-state index contributed by atoms with van der Waals surface area (Å²) in [6.07, 6.45) is 7.96. The molecule has 9 heteroatoms. The van der Waals surface area contributed by atoms with Gasteiger partial charge < -0.3 is 19.3 Å². The maximum atomic E-state index is 5.46. The lowest BCUT2D eigenvalue weighted by molar-refractivity contribution is 0.355. The fourth-order valence-electron chi connectivity index (χ4n) is 4.36. The number of piperidine rings is 2. The Labute approximate surface area is 196 Å². The fourth-order valence-corrected chi connectivity index (χ4v) is 4.36. The number of aromatic nitrogens is 3. The summed E-state index contributed by atoms with van der Waals surface area (Å²) in [5.41, 5.74) is 4.97. The molecule has 4 rings (SSSR count). The Bertz CT molecular complexity index is 918. The lowest BCUT2D eigenvalue weighted by Gasteiger charge is -2.30. The van der Waals surface area contributed by atoms with Crippen LogP contribution in [-0.4, -0.2) is 61.1 Å². The summed E-state index contributed by atoms with van der Waals surface area (Å²) in [7, 11) is 3.27. The molecular formula is C24H35N7O2. The highest BCUT2D eigenvalue weighted by atomic mass is 16.5. The number of nitrogens with one attached hydrogen (secondary N) is 1. The molecule has 2 fully saturated rings. The number of anilines is 3. The van der Waals surface area contributed by atoms with Gasteiger partial charge in [-0.1, -0.05) is 6.92 Å². The molecule has 0 bridgehead atoms. The van der Waals surface area contributed by atoms with E-state index in [0.29, 0.717) is 17.4 Å². The van der Waals surface area contributed by atoms with E-state index in [1.54, 1.807) is 14.2 Å². The molecule has 1 aromatic carbocycles. The minimum Gasteiger partial charge on any atom is -0.493 e. The van der Waals surface area contributed by atoms with E-state index in [2.05, 4.69) is 27.3 Å². The van der Waals surface area contributed by atoms with Crippen LogP contribution < -0.4 is 24.7 Å². The largest absolute Gasteiger partial charge is 0.493 e. The van der Waals surface area contributed by atoms with Crippen LogP contribution in [0, 0.1) is 0 Å². The highest BCUT2D eigenvalue weighted by Gasteiger charge is 2.20. The van der Waals surface area contributed by atoms with E-state index in [-0.39, 0.29) is 0 Å². The zero-order valence-corrected chi connectivity index (χ0v) is 20.0. The maximum absolute atomic E-state index is 5.46. The zero-order valence-electron chi connectivity index (χ0n) is 20.0. The van der Waals surface area contributed by atoms with Crippen LogP contribution in [0.5, 0.6) is 11.5 Å². The van der Waals surface area contributed by atoms with Crippen LogP contribution in [0.3, 0.4) is 0 Å². The molecule has 0 unspecified atom stereocenters. The molecule has 3 heterocycles. The van der Waals surface area contributed by atoms with E-state index in [1.807, 2.05) is 18.2 Å². The van der Waals surface area contributed by atoms with Gasteiger partial charge in [-0.2, -0.15) is 20.1 Å². The Morgan fingerprint density at radius 2 is 1.42 bits per heavy atom. The third-order valence-corrected chi connectivity index (χ3v) is 6.23. The van der Waals surface area contributed by atoms with E-state index in [0.717, 1.165) is 55.8 Å². The van der Waals surface area contributed by atoms with Gasteiger partial charge in [0.05, 0.1) is 19.9 Å². The van der Waals surface area contributed by atoms with Crippen molar-refractivity contribution in [3.8, 4) is 11.5 Å². The van der Waals surface area contributed by atoms with Gasteiger partial charge in [-0.15, -0.1) is 0 Å². The van der Waals surface area contributed by atoms with Crippen molar-refractivity contribution in [1.82, 2.24) is 15.0 Å². The zero-order chi connectivity index (χ0) is 23.0. The monoisotopic (exact) mass is 453 g/mol. The van der Waals surface area contributed by atoms with E-state index in [9.17, 15) is 0 Å². The Morgan fingerprint density at radius 1 is 0.848 bits per heavy atom. The molecule has 178 valence electrons. The summed E-state index contributed by atoms with van der Waals surface area (Å²) in [5.74, 6) is 3.34. The van der Waals surface area contributed by atoms with E-state index < -0.39 is 0 Å². The third kappa shape index (κ3) is 5.64. The van der Waals surface area contributed by atoms with Gasteiger partial charge in [-0.3, -0.25) is 0 Å². The summed E-state index contributed by atoms with van der Waals surface area (Å²) in [6.45, 7) is 6.01. The second-order valence-electron chi connectivity index (χ2n) is 8.45. The number of methoxy groups -OCH3 is 2. The van der Waals surface area contributed by atoms with E-state index in [4.69, 9.17) is 24.4 Å². The summed E-state index contributed by atoms with van der Waals surface area (Å²) in [6, 6.07) is 5.82. The van der Waals surface area contributed by atoms with Gasteiger partial charge in [0.2, 0.25) is 17.8 Å². The van der Waals surface area contributed by atoms with Gasteiger partial charge in [0.1, 0.15) is 0 Å². The minimum absolute atomic E-state index is 0.484. The number of hydrogen-bond donors (Lipinski definition) is 1. The molecule has 1 aromatic heterocycles. The highest BCUT2D eigenvalue weighted by molar-refractivity contribution is 6.01. The molecule has 0 atom stereocenters. The minimum atomic E-state index is 0.484. The van der Waals surface area contributed by atoms with E-state index >= 15 is 0 Å². The highest BCUT2D eigenvalue weighted by Crippen LogP contribution is 2.28. The predicted octanol–water partition coefficient (Wildman–Crippen LogP) is 4.10. The Hall–Kier alpha value is -3.10. The molecule has 2 aromatic rings. The topological polar surface area (TPSA) is 88.0 Å². The third-order valence-electron chi connectivity index (χ3n) is 6.23. The maximum Gasteiger partial charge on any atom is 0.250 e. The average Bonchev–Trinajstić information content (AvgIpc) is 2.89. The molecule has 2 aliphatic heterocycles. The standard InChI is InChI=1S/C24H35N7O2/c1-4-19(18-11-12-20(32-2)21(17-18)33-3)28-29-22-25-23(30-13-7-5-8-14-30)27-24(26-22)31-15-9-6-10-16-31/h11-12,17H,4-10,13-16H2,1-3H3,(H,25,26,27,29)/b28-19-. The Kier molecular flexibility index (Phi) is 7.80. The molecule has 0 aliphatic carbocycles. The predicted molar refractivity (Wildman–Crippen MR) is 132 cm³/mol. The molecular weight excluding hydrogens is 418 g/mol. The summed E-state index contributed by atoms with van der Waals surface area (Å²) in [5, 5.41) is 4.67. The molecule has 2 aliphatic rings. The summed E-state index contributed by atoms with van der Waals surface area (Å²) < 4.78 is 10.8. The van der Waals surface area contributed by atoms with E-state index in [1.165, 1.54) is 38.5 Å². The van der Waals surface area contributed by atoms with Crippen molar-refractivity contribution < 1.29 is 9.47 Å². The first-order valence-electron chi connectivity index (χ1n) is 12.0. The van der Waals surface area contributed by atoms with Gasteiger partial charge in [0.15, 0.2) is 11.5 Å². The lowest BCUT2D eigenvalue weighted by Crippen LogP contribution is -2.34. The Morgan fingerprint density at radius 3 is 1.94 bits per heavy atom. The van der Waals surface area contributed by atoms with Gasteiger partial charge in [0.25, 0.3) is 0 Å². The first-order valence-corrected chi connectivity index (χ1v) is 12.0. The van der Waals surface area contributed by atoms with Crippen LogP contribution in [0.1, 0.15) is 57.4 Å². The van der Waals surface area contributed by atoms with Crippen molar-refractivity contribution in [3.05, 3.63) is 23.8 Å². The van der Waals surface area contributed by atoms with Crippen LogP contribution >= 0.6 is 0 Å². The first kappa shape index (κ1) is 23.1. The fraction of sp³-hybridized carbons (Fsp3) is 0.583. The normalized spacial score (nSPS) is 17.1. The van der Waals surface area contributed by atoms with Crippen molar-refractivity contribution in [1.29, 1.82) is 0 Å². The average molecular weight is 454 g/mol. The number of benzene rings is 1. The van der Waals surface area contributed by atoms with Gasteiger partial charge in [0, 0.05) is 31.7 Å². The smallest absolute Gasteiger partial charge is 0.250 e. The second kappa shape index (κ2) is 11.2. The van der Waals surface area contributed by atoms with Crippen molar-refractivity contribution in [2.24, 2.45) is 5.10 Å². The molecule has 2 saturated heterocycles. The summed E-state index contributed by atoms with van der Waals surface area (Å²) >= 11 is 0. The second-order valence-corrected chi connectivity index (χ2v) is 8.45. The molecule has 0 amide bonds. The summed E-state index contributed by atoms with van der Waals surface area (Å²) in [4.78, 5) is 18.8. The van der Waals surface area contributed by atoms with Crippen molar-refractivity contribution in [2.75, 3.05) is 55.6 Å². The molecule has 0 spiro atoms. The lowest BCUT2D eigenvalue weighted by atomic mass is 10.1. The van der Waals surface area contributed by atoms with Gasteiger partial charge >= 0.3 is 0 Å². The number of ether oxygens (including phenoxy) is 2. The van der Waals surface area contributed by atoms with Gasteiger partial charge in [-0.05, 0) is 63.1 Å². The quantitative estimate of drug-likeness (QED) is 0.472. The molecule has 1 N–H and O–H groups in total. The number of nitrogens with zero attached hydrogens (tertiary/aromatic N) is 6. The molecule has 0 radical (unpaired) electrons. The number of hydrazone groups is 1. The van der Waals surface area contributed by atoms with Crippen molar-refractivity contribution in [2.45, 2.75) is 51.9 Å². The van der Waals surface area contributed by atoms with Gasteiger partial charge in [-0.25, -0.2) is 5.43 Å². The Balaban J connectivity index is 1.61. The molecule has 9 nitrogen and oxygen atoms in total. The van der Waals surface area contributed by atoms with Crippen LogP contribution in [0.2, 0.25) is 0 Å².